The van der Waals surface area contributed by atoms with Crippen molar-refractivity contribution >= 4 is 17.5 Å². The SMILES string of the molecule is COc1ccc(C(=O)NCCCC(=O)N2CCCN(c3ccc(C#N)cc3)CC2)cc1. The lowest BCUT2D eigenvalue weighted by Gasteiger charge is -2.24. The molecular formula is C24H28N4O3. The van der Waals surface area contributed by atoms with E-state index in [1.165, 1.54) is 0 Å². The molecule has 0 bridgehead atoms. The summed E-state index contributed by atoms with van der Waals surface area (Å²) < 4.78 is 5.09. The number of nitrogens with one attached hydrogen (secondary N) is 1. The van der Waals surface area contributed by atoms with Crippen LogP contribution in [0.2, 0.25) is 0 Å². The van der Waals surface area contributed by atoms with Crippen molar-refractivity contribution in [3.05, 3.63) is 59.7 Å². The molecule has 7 nitrogen and oxygen atoms in total. The second-order valence-electron chi connectivity index (χ2n) is 7.47. The van der Waals surface area contributed by atoms with E-state index in [4.69, 9.17) is 10.00 Å². The summed E-state index contributed by atoms with van der Waals surface area (Å²) in [6.07, 6.45) is 1.93. The second kappa shape index (κ2) is 11.0. The quantitative estimate of drug-likeness (QED) is 0.696. The van der Waals surface area contributed by atoms with E-state index >= 15 is 0 Å². The van der Waals surface area contributed by atoms with Crippen LogP contribution in [-0.2, 0) is 4.79 Å². The Labute approximate surface area is 183 Å². The molecule has 0 radical (unpaired) electrons. The molecule has 2 amide bonds. The molecule has 0 atom stereocenters. The first kappa shape index (κ1) is 22.2. The summed E-state index contributed by atoms with van der Waals surface area (Å²) in [7, 11) is 1.58. The maximum Gasteiger partial charge on any atom is 0.251 e. The molecule has 1 N–H and O–H groups in total. The van der Waals surface area contributed by atoms with Gasteiger partial charge in [-0.15, -0.1) is 0 Å². The van der Waals surface area contributed by atoms with Crippen LogP contribution >= 0.6 is 0 Å². The third kappa shape index (κ3) is 6.22. The van der Waals surface area contributed by atoms with E-state index in [1.54, 1.807) is 31.4 Å². The summed E-state index contributed by atoms with van der Waals surface area (Å²) in [5, 5.41) is 11.8. The number of rotatable bonds is 7. The molecule has 1 aliphatic rings. The number of hydrogen-bond donors (Lipinski definition) is 1. The molecule has 31 heavy (non-hydrogen) atoms. The van der Waals surface area contributed by atoms with Crippen LogP contribution in [0.15, 0.2) is 48.5 Å². The first-order valence-corrected chi connectivity index (χ1v) is 10.6. The standard InChI is InChI=1S/C24H28N4O3/c1-31-22-11-7-20(8-12-22)24(30)26-13-2-4-23(29)28-15-3-14-27(16-17-28)21-9-5-19(18-25)6-10-21/h5-12H,2-4,13-17H2,1H3,(H,26,30). The third-order valence-electron chi connectivity index (χ3n) is 5.42. The van der Waals surface area contributed by atoms with Crippen LogP contribution in [0.3, 0.4) is 0 Å². The highest BCUT2D eigenvalue weighted by molar-refractivity contribution is 5.94. The Hall–Kier alpha value is -3.53. The molecule has 0 saturated carbocycles. The fraction of sp³-hybridized carbons (Fsp3) is 0.375. The number of benzene rings is 2. The summed E-state index contributed by atoms with van der Waals surface area (Å²) in [5.74, 6) is 0.681. The predicted molar refractivity (Wildman–Crippen MR) is 119 cm³/mol. The number of anilines is 1. The van der Waals surface area contributed by atoms with Crippen molar-refractivity contribution in [2.75, 3.05) is 44.7 Å². The van der Waals surface area contributed by atoms with Gasteiger partial charge in [0.15, 0.2) is 0 Å². The van der Waals surface area contributed by atoms with Gasteiger partial charge in [-0.05, 0) is 61.4 Å². The number of methoxy groups -OCH3 is 1. The number of carbonyl (C=O) groups excluding carboxylic acids is 2. The van der Waals surface area contributed by atoms with Gasteiger partial charge in [0.1, 0.15) is 5.75 Å². The van der Waals surface area contributed by atoms with Gasteiger partial charge in [0.05, 0.1) is 18.7 Å². The first-order valence-electron chi connectivity index (χ1n) is 10.6. The van der Waals surface area contributed by atoms with Gasteiger partial charge in [-0.2, -0.15) is 5.26 Å². The Morgan fingerprint density at radius 2 is 1.77 bits per heavy atom. The van der Waals surface area contributed by atoms with Crippen molar-refractivity contribution in [3.8, 4) is 11.8 Å². The molecule has 1 saturated heterocycles. The summed E-state index contributed by atoms with van der Waals surface area (Å²) >= 11 is 0. The fourth-order valence-electron chi connectivity index (χ4n) is 3.62. The molecule has 0 aromatic heterocycles. The monoisotopic (exact) mass is 420 g/mol. The van der Waals surface area contributed by atoms with Crippen molar-refractivity contribution in [2.24, 2.45) is 0 Å². The Balaban J connectivity index is 1.40. The summed E-state index contributed by atoms with van der Waals surface area (Å²) in [6, 6.07) is 16.6. The lowest BCUT2D eigenvalue weighted by molar-refractivity contribution is -0.131. The normalized spacial score (nSPS) is 13.8. The molecule has 1 fully saturated rings. The van der Waals surface area contributed by atoms with Crippen molar-refractivity contribution in [3.63, 3.8) is 0 Å². The Kier molecular flexibility index (Phi) is 7.88. The van der Waals surface area contributed by atoms with Crippen molar-refractivity contribution in [1.29, 1.82) is 5.26 Å². The smallest absolute Gasteiger partial charge is 0.251 e. The molecular weight excluding hydrogens is 392 g/mol. The maximum atomic E-state index is 12.6. The Morgan fingerprint density at radius 1 is 1.03 bits per heavy atom. The zero-order valence-corrected chi connectivity index (χ0v) is 17.8. The minimum absolute atomic E-state index is 0.125. The van der Waals surface area contributed by atoms with Crippen LogP contribution < -0.4 is 15.0 Å². The van der Waals surface area contributed by atoms with E-state index in [2.05, 4.69) is 16.3 Å². The minimum Gasteiger partial charge on any atom is -0.497 e. The summed E-state index contributed by atoms with van der Waals surface area (Å²) in [5.41, 5.74) is 2.30. The van der Waals surface area contributed by atoms with Gasteiger partial charge in [-0.3, -0.25) is 9.59 Å². The number of amides is 2. The highest BCUT2D eigenvalue weighted by atomic mass is 16.5. The number of ether oxygens (including phenoxy) is 1. The third-order valence-corrected chi connectivity index (χ3v) is 5.42. The predicted octanol–water partition coefficient (Wildman–Crippen LogP) is 2.82. The molecule has 2 aromatic rings. The molecule has 0 aliphatic carbocycles. The first-order chi connectivity index (χ1) is 15.1. The maximum absolute atomic E-state index is 12.6. The lowest BCUT2D eigenvalue weighted by atomic mass is 10.2. The molecule has 1 heterocycles. The summed E-state index contributed by atoms with van der Waals surface area (Å²) in [4.78, 5) is 28.9. The van der Waals surface area contributed by atoms with Gasteiger partial charge in [0.2, 0.25) is 5.91 Å². The van der Waals surface area contributed by atoms with Gasteiger partial charge < -0.3 is 19.9 Å². The molecule has 0 spiro atoms. The van der Waals surface area contributed by atoms with Crippen LogP contribution in [0.4, 0.5) is 5.69 Å². The van der Waals surface area contributed by atoms with E-state index < -0.39 is 0 Å². The van der Waals surface area contributed by atoms with Gasteiger partial charge >= 0.3 is 0 Å². The minimum atomic E-state index is -0.150. The van der Waals surface area contributed by atoms with Crippen LogP contribution in [0.1, 0.15) is 35.2 Å². The number of nitrogens with zero attached hydrogens (tertiary/aromatic N) is 3. The topological polar surface area (TPSA) is 85.7 Å². The van der Waals surface area contributed by atoms with Crippen LogP contribution in [0, 0.1) is 11.3 Å². The molecule has 7 heteroatoms. The Bertz CT molecular complexity index is 919. The molecule has 2 aromatic carbocycles. The van der Waals surface area contributed by atoms with Crippen molar-refractivity contribution < 1.29 is 14.3 Å². The largest absolute Gasteiger partial charge is 0.497 e. The highest BCUT2D eigenvalue weighted by Gasteiger charge is 2.19. The zero-order chi connectivity index (χ0) is 22.1. The second-order valence-corrected chi connectivity index (χ2v) is 7.47. The van der Waals surface area contributed by atoms with Gasteiger partial charge in [0.25, 0.3) is 5.91 Å². The highest BCUT2D eigenvalue weighted by Crippen LogP contribution is 2.18. The van der Waals surface area contributed by atoms with Crippen LogP contribution in [0.25, 0.3) is 0 Å². The lowest BCUT2D eigenvalue weighted by Crippen LogP contribution is -2.35. The fourth-order valence-corrected chi connectivity index (χ4v) is 3.62. The van der Waals surface area contributed by atoms with E-state index in [0.717, 1.165) is 31.7 Å². The van der Waals surface area contributed by atoms with Gasteiger partial charge in [-0.25, -0.2) is 0 Å². The average molecular weight is 421 g/mol. The number of carbonyl (C=O) groups is 2. The van der Waals surface area contributed by atoms with Gasteiger partial charge in [0, 0.05) is 50.4 Å². The zero-order valence-electron chi connectivity index (χ0n) is 17.8. The number of hydrogen-bond acceptors (Lipinski definition) is 5. The van der Waals surface area contributed by atoms with Crippen molar-refractivity contribution in [1.82, 2.24) is 10.2 Å². The average Bonchev–Trinajstić information content (AvgIpc) is 3.08. The van der Waals surface area contributed by atoms with Crippen molar-refractivity contribution in [2.45, 2.75) is 19.3 Å². The van der Waals surface area contributed by atoms with E-state index in [9.17, 15) is 9.59 Å². The van der Waals surface area contributed by atoms with E-state index in [1.807, 2.05) is 29.2 Å². The van der Waals surface area contributed by atoms with E-state index in [-0.39, 0.29) is 11.8 Å². The molecule has 162 valence electrons. The molecule has 3 rings (SSSR count). The number of nitriles is 1. The van der Waals surface area contributed by atoms with Crippen LogP contribution in [0.5, 0.6) is 5.75 Å². The van der Waals surface area contributed by atoms with E-state index in [0.29, 0.717) is 42.8 Å². The molecule has 0 unspecified atom stereocenters. The Morgan fingerprint density at radius 3 is 2.45 bits per heavy atom. The van der Waals surface area contributed by atoms with Gasteiger partial charge in [-0.1, -0.05) is 0 Å². The summed E-state index contributed by atoms with van der Waals surface area (Å²) in [6.45, 7) is 3.53. The molecule has 1 aliphatic heterocycles. The van der Waals surface area contributed by atoms with Crippen LogP contribution in [-0.4, -0.2) is 56.5 Å².